The second-order valence-corrected chi connectivity index (χ2v) is 5.12. The van der Waals surface area contributed by atoms with E-state index in [2.05, 4.69) is 15.5 Å². The first-order valence-corrected chi connectivity index (χ1v) is 6.42. The Labute approximate surface area is 93.8 Å². The minimum Gasteiger partial charge on any atom is -0.327 e. The molecule has 1 aliphatic carbocycles. The first-order chi connectivity index (χ1) is 7.27. The van der Waals surface area contributed by atoms with Gasteiger partial charge < -0.3 is 5.73 Å². The highest BCUT2D eigenvalue weighted by Crippen LogP contribution is 2.31. The molecular formula is C9H17N5S. The molecule has 0 radical (unpaired) electrons. The predicted molar refractivity (Wildman–Crippen MR) is 59.7 cm³/mol. The normalized spacial score (nSPS) is 19.6. The Bertz CT molecular complexity index is 305. The highest BCUT2D eigenvalue weighted by molar-refractivity contribution is 7.99. The van der Waals surface area contributed by atoms with E-state index in [4.69, 9.17) is 5.73 Å². The molecular weight excluding hydrogens is 210 g/mol. The number of tetrazole rings is 1. The summed E-state index contributed by atoms with van der Waals surface area (Å²) in [5.74, 6) is 0.868. The Morgan fingerprint density at radius 2 is 2.27 bits per heavy atom. The largest absolute Gasteiger partial charge is 0.327 e. The summed E-state index contributed by atoms with van der Waals surface area (Å²) in [6, 6.07) is 0.694. The lowest BCUT2D eigenvalue weighted by Crippen LogP contribution is -2.18. The van der Waals surface area contributed by atoms with Crippen molar-refractivity contribution < 1.29 is 0 Å². The molecule has 2 rings (SSSR count). The summed E-state index contributed by atoms with van der Waals surface area (Å²) < 4.78 is 1.97. The van der Waals surface area contributed by atoms with Gasteiger partial charge in [-0.1, -0.05) is 24.6 Å². The maximum absolute atomic E-state index is 5.71. The highest BCUT2D eigenvalue weighted by atomic mass is 32.2. The fourth-order valence-electron chi connectivity index (χ4n) is 1.86. The van der Waals surface area contributed by atoms with Crippen LogP contribution in [0.4, 0.5) is 0 Å². The van der Waals surface area contributed by atoms with Crippen molar-refractivity contribution in [3.05, 3.63) is 0 Å². The van der Waals surface area contributed by atoms with Crippen LogP contribution in [-0.2, 0) is 0 Å². The lowest BCUT2D eigenvalue weighted by molar-refractivity contribution is 0.423. The number of hydrogen-bond donors (Lipinski definition) is 1. The molecule has 15 heavy (non-hydrogen) atoms. The second kappa shape index (κ2) is 4.94. The molecule has 0 spiro atoms. The van der Waals surface area contributed by atoms with Crippen molar-refractivity contribution in [1.82, 2.24) is 20.2 Å². The van der Waals surface area contributed by atoms with Crippen LogP contribution >= 0.6 is 11.8 Å². The monoisotopic (exact) mass is 227 g/mol. The van der Waals surface area contributed by atoms with Gasteiger partial charge >= 0.3 is 0 Å². The van der Waals surface area contributed by atoms with Gasteiger partial charge in [0.1, 0.15) is 0 Å². The summed E-state index contributed by atoms with van der Waals surface area (Å²) >= 11 is 1.65. The van der Waals surface area contributed by atoms with E-state index in [-0.39, 0.29) is 6.04 Å². The summed E-state index contributed by atoms with van der Waals surface area (Å²) in [6.45, 7) is 2.00. The van der Waals surface area contributed by atoms with E-state index in [1.807, 2.05) is 11.6 Å². The molecule has 2 N–H and O–H groups in total. The minimum absolute atomic E-state index is 0.184. The van der Waals surface area contributed by atoms with Crippen molar-refractivity contribution in [1.29, 1.82) is 0 Å². The van der Waals surface area contributed by atoms with Gasteiger partial charge in [-0.25, -0.2) is 4.68 Å². The average molecular weight is 227 g/mol. The molecule has 0 bridgehead atoms. The van der Waals surface area contributed by atoms with Crippen LogP contribution < -0.4 is 5.73 Å². The second-order valence-electron chi connectivity index (χ2n) is 4.13. The molecule has 1 unspecified atom stereocenters. The van der Waals surface area contributed by atoms with Gasteiger partial charge in [0, 0.05) is 11.8 Å². The molecule has 0 amide bonds. The fraction of sp³-hybridized carbons (Fsp3) is 0.889. The third-order valence-electron chi connectivity index (χ3n) is 2.61. The highest BCUT2D eigenvalue weighted by Gasteiger charge is 2.21. The fourth-order valence-corrected chi connectivity index (χ4v) is 2.69. The third kappa shape index (κ3) is 2.69. The standard InChI is InChI=1S/C9H17N5S/c1-7(10)6-15-9-11-12-13-14(9)8-4-2-3-5-8/h7-8H,2-6,10H2,1H3. The van der Waals surface area contributed by atoms with Gasteiger partial charge in [-0.05, 0) is 30.2 Å². The number of aromatic nitrogens is 4. The smallest absolute Gasteiger partial charge is 0.209 e. The Morgan fingerprint density at radius 1 is 1.53 bits per heavy atom. The van der Waals surface area contributed by atoms with E-state index in [9.17, 15) is 0 Å². The van der Waals surface area contributed by atoms with Crippen LogP contribution in [0.5, 0.6) is 0 Å². The molecule has 6 heteroatoms. The van der Waals surface area contributed by atoms with Crippen molar-refractivity contribution >= 4 is 11.8 Å². The van der Waals surface area contributed by atoms with Crippen molar-refractivity contribution in [3.63, 3.8) is 0 Å². The maximum atomic E-state index is 5.71. The SMILES string of the molecule is CC(N)CSc1nnnn1C1CCCC1. The maximum Gasteiger partial charge on any atom is 0.209 e. The Kier molecular flexibility index (Phi) is 3.58. The molecule has 0 saturated heterocycles. The topological polar surface area (TPSA) is 69.6 Å². The molecule has 1 heterocycles. The predicted octanol–water partition coefficient (Wildman–Crippen LogP) is 1.23. The van der Waals surface area contributed by atoms with E-state index in [1.165, 1.54) is 25.7 Å². The number of thioether (sulfide) groups is 1. The number of rotatable bonds is 4. The molecule has 84 valence electrons. The molecule has 1 aromatic heterocycles. The molecule has 0 aromatic carbocycles. The van der Waals surface area contributed by atoms with E-state index in [1.54, 1.807) is 11.8 Å². The van der Waals surface area contributed by atoms with Gasteiger partial charge in [0.2, 0.25) is 5.16 Å². The first-order valence-electron chi connectivity index (χ1n) is 5.43. The molecule has 0 aliphatic heterocycles. The van der Waals surface area contributed by atoms with Crippen LogP contribution in [0.3, 0.4) is 0 Å². The van der Waals surface area contributed by atoms with Crippen molar-refractivity contribution in [2.45, 2.75) is 49.8 Å². The van der Waals surface area contributed by atoms with E-state index < -0.39 is 0 Å². The van der Waals surface area contributed by atoms with Gasteiger partial charge in [-0.3, -0.25) is 0 Å². The van der Waals surface area contributed by atoms with E-state index in [0.717, 1.165) is 10.9 Å². The van der Waals surface area contributed by atoms with Crippen LogP contribution in [-0.4, -0.2) is 32.0 Å². The average Bonchev–Trinajstić information content (AvgIpc) is 2.85. The zero-order chi connectivity index (χ0) is 10.7. The molecule has 5 nitrogen and oxygen atoms in total. The molecule has 1 saturated carbocycles. The van der Waals surface area contributed by atoms with Crippen LogP contribution in [0.1, 0.15) is 38.6 Å². The summed E-state index contributed by atoms with van der Waals surface area (Å²) in [5, 5.41) is 12.8. The first kappa shape index (κ1) is 10.9. The van der Waals surface area contributed by atoms with Crippen LogP contribution in [0.2, 0.25) is 0 Å². The van der Waals surface area contributed by atoms with Crippen molar-refractivity contribution in [3.8, 4) is 0 Å². The Balaban J connectivity index is 2.01. The van der Waals surface area contributed by atoms with Gasteiger partial charge in [-0.15, -0.1) is 5.10 Å². The van der Waals surface area contributed by atoms with E-state index >= 15 is 0 Å². The van der Waals surface area contributed by atoms with Gasteiger partial charge in [0.05, 0.1) is 6.04 Å². The lowest BCUT2D eigenvalue weighted by atomic mass is 10.3. The number of nitrogens with two attached hydrogens (primary N) is 1. The summed E-state index contributed by atoms with van der Waals surface area (Å²) in [6.07, 6.45) is 5.00. The third-order valence-corrected chi connectivity index (χ3v) is 3.83. The zero-order valence-corrected chi connectivity index (χ0v) is 9.78. The molecule has 1 aromatic rings. The van der Waals surface area contributed by atoms with Crippen molar-refractivity contribution in [2.75, 3.05) is 5.75 Å². The summed E-state index contributed by atoms with van der Waals surface area (Å²) in [7, 11) is 0. The quantitative estimate of drug-likeness (QED) is 0.783. The van der Waals surface area contributed by atoms with Crippen LogP contribution in [0, 0.1) is 0 Å². The molecule has 1 aliphatic rings. The molecule has 1 atom stereocenters. The van der Waals surface area contributed by atoms with Gasteiger partial charge in [0.15, 0.2) is 0 Å². The zero-order valence-electron chi connectivity index (χ0n) is 8.96. The van der Waals surface area contributed by atoms with E-state index in [0.29, 0.717) is 6.04 Å². The Hall–Kier alpha value is -0.620. The minimum atomic E-state index is 0.184. The summed E-state index contributed by atoms with van der Waals surface area (Å²) in [5.41, 5.74) is 5.71. The number of nitrogens with zero attached hydrogens (tertiary/aromatic N) is 4. The van der Waals surface area contributed by atoms with Crippen LogP contribution in [0.15, 0.2) is 5.16 Å². The summed E-state index contributed by atoms with van der Waals surface area (Å²) in [4.78, 5) is 0. The Morgan fingerprint density at radius 3 is 2.93 bits per heavy atom. The van der Waals surface area contributed by atoms with Crippen molar-refractivity contribution in [2.24, 2.45) is 5.73 Å². The lowest BCUT2D eigenvalue weighted by Gasteiger charge is -2.11. The van der Waals surface area contributed by atoms with Gasteiger partial charge in [0.25, 0.3) is 0 Å². The van der Waals surface area contributed by atoms with Gasteiger partial charge in [-0.2, -0.15) is 0 Å². The number of hydrogen-bond acceptors (Lipinski definition) is 5. The molecule has 1 fully saturated rings. The van der Waals surface area contributed by atoms with Crippen LogP contribution in [0.25, 0.3) is 0 Å².